The van der Waals surface area contributed by atoms with Gasteiger partial charge < -0.3 is 14.6 Å². The molecular weight excluding hydrogens is 454 g/mol. The van der Waals surface area contributed by atoms with Crippen LogP contribution >= 0.6 is 23.1 Å². The highest BCUT2D eigenvalue weighted by molar-refractivity contribution is 7.99. The standard InChI is InChI=1S/C24H25N5O2S2/c1-4-29-21(13-31-19-8-6-5-7-9-19)27-28-24(29)33-15-22(30)26-23-25-20(14-32-23)18-11-10-16(2)17(3)12-18/h5-12,14H,4,13,15H2,1-3H3,(H,25,26,30). The fourth-order valence-electron chi connectivity index (χ4n) is 3.16. The van der Waals surface area contributed by atoms with E-state index in [4.69, 9.17) is 4.74 Å². The van der Waals surface area contributed by atoms with Crippen molar-refractivity contribution in [2.45, 2.75) is 39.1 Å². The van der Waals surface area contributed by atoms with Crippen LogP contribution in [0, 0.1) is 13.8 Å². The zero-order valence-corrected chi connectivity index (χ0v) is 20.4. The molecule has 0 saturated heterocycles. The first kappa shape index (κ1) is 23.0. The summed E-state index contributed by atoms with van der Waals surface area (Å²) in [6.07, 6.45) is 0. The number of thioether (sulfide) groups is 1. The summed E-state index contributed by atoms with van der Waals surface area (Å²) in [4.78, 5) is 17.1. The number of hydrogen-bond acceptors (Lipinski definition) is 7. The van der Waals surface area contributed by atoms with Gasteiger partial charge in [-0.05, 0) is 50.1 Å². The Hall–Kier alpha value is -3.17. The molecule has 2 aromatic heterocycles. The molecule has 9 heteroatoms. The molecule has 170 valence electrons. The van der Waals surface area contributed by atoms with Crippen LogP contribution in [-0.2, 0) is 17.9 Å². The Labute approximate surface area is 201 Å². The first-order chi connectivity index (χ1) is 16.0. The third-order valence-corrected chi connectivity index (χ3v) is 6.83. The average Bonchev–Trinajstić information content (AvgIpc) is 3.45. The fraction of sp³-hybridized carbons (Fsp3) is 0.250. The van der Waals surface area contributed by atoms with E-state index in [0.717, 1.165) is 22.8 Å². The number of thiazole rings is 1. The summed E-state index contributed by atoms with van der Waals surface area (Å²) >= 11 is 2.77. The highest BCUT2D eigenvalue weighted by atomic mass is 32.2. The van der Waals surface area contributed by atoms with E-state index in [0.29, 0.717) is 23.4 Å². The molecule has 0 aliphatic carbocycles. The summed E-state index contributed by atoms with van der Waals surface area (Å²) in [5.41, 5.74) is 4.37. The number of rotatable bonds is 9. The summed E-state index contributed by atoms with van der Waals surface area (Å²) in [5, 5.41) is 14.6. The van der Waals surface area contributed by atoms with Crippen LogP contribution < -0.4 is 10.1 Å². The molecule has 2 heterocycles. The Bertz CT molecular complexity index is 1240. The second-order valence-electron chi connectivity index (χ2n) is 7.42. The van der Waals surface area contributed by atoms with Gasteiger partial charge in [-0.25, -0.2) is 4.98 Å². The van der Waals surface area contributed by atoms with Gasteiger partial charge in [-0.1, -0.05) is 42.1 Å². The lowest BCUT2D eigenvalue weighted by Gasteiger charge is -2.08. The highest BCUT2D eigenvalue weighted by Gasteiger charge is 2.15. The average molecular weight is 480 g/mol. The predicted octanol–water partition coefficient (Wildman–Crippen LogP) is 5.35. The molecule has 0 saturated carbocycles. The minimum atomic E-state index is -0.131. The van der Waals surface area contributed by atoms with E-state index in [2.05, 4.69) is 52.5 Å². The lowest BCUT2D eigenvalue weighted by atomic mass is 10.1. The number of para-hydroxylation sites is 1. The zero-order chi connectivity index (χ0) is 23.2. The summed E-state index contributed by atoms with van der Waals surface area (Å²) in [7, 11) is 0. The van der Waals surface area contributed by atoms with E-state index in [9.17, 15) is 4.79 Å². The van der Waals surface area contributed by atoms with Gasteiger partial charge in [0.05, 0.1) is 11.4 Å². The van der Waals surface area contributed by atoms with Gasteiger partial charge in [0.25, 0.3) is 0 Å². The maximum Gasteiger partial charge on any atom is 0.236 e. The Morgan fingerprint density at radius 2 is 1.94 bits per heavy atom. The molecule has 33 heavy (non-hydrogen) atoms. The van der Waals surface area contributed by atoms with Crippen molar-refractivity contribution in [3.8, 4) is 17.0 Å². The number of amides is 1. The van der Waals surface area contributed by atoms with Crippen molar-refractivity contribution in [2.24, 2.45) is 0 Å². The third kappa shape index (κ3) is 5.80. The van der Waals surface area contributed by atoms with Crippen LogP contribution in [0.25, 0.3) is 11.3 Å². The van der Waals surface area contributed by atoms with Gasteiger partial charge in [-0.2, -0.15) is 0 Å². The number of hydrogen-bond donors (Lipinski definition) is 1. The van der Waals surface area contributed by atoms with Crippen LogP contribution in [0.4, 0.5) is 5.13 Å². The molecule has 0 aliphatic heterocycles. The normalized spacial score (nSPS) is 10.9. The molecule has 4 rings (SSSR count). The Morgan fingerprint density at radius 3 is 2.70 bits per heavy atom. The molecule has 0 fully saturated rings. The van der Waals surface area contributed by atoms with Crippen molar-refractivity contribution in [1.29, 1.82) is 0 Å². The van der Waals surface area contributed by atoms with E-state index in [1.165, 1.54) is 34.2 Å². The molecule has 0 unspecified atom stereocenters. The lowest BCUT2D eigenvalue weighted by Crippen LogP contribution is -2.14. The molecule has 2 aromatic carbocycles. The predicted molar refractivity (Wildman–Crippen MR) is 133 cm³/mol. The smallest absolute Gasteiger partial charge is 0.236 e. The van der Waals surface area contributed by atoms with Gasteiger partial charge in [0.1, 0.15) is 12.4 Å². The quantitative estimate of drug-likeness (QED) is 0.326. The fourth-order valence-corrected chi connectivity index (χ4v) is 4.72. The van der Waals surface area contributed by atoms with Crippen LogP contribution in [0.15, 0.2) is 59.1 Å². The summed E-state index contributed by atoms with van der Waals surface area (Å²) in [5.74, 6) is 1.59. The molecule has 1 amide bonds. The van der Waals surface area contributed by atoms with E-state index < -0.39 is 0 Å². The topological polar surface area (TPSA) is 81.9 Å². The number of benzene rings is 2. The summed E-state index contributed by atoms with van der Waals surface area (Å²) in [6.45, 7) is 7.19. The van der Waals surface area contributed by atoms with Crippen molar-refractivity contribution < 1.29 is 9.53 Å². The first-order valence-corrected chi connectivity index (χ1v) is 12.5. The van der Waals surface area contributed by atoms with Crippen LogP contribution in [0.1, 0.15) is 23.9 Å². The van der Waals surface area contributed by atoms with Gasteiger partial charge in [0, 0.05) is 17.5 Å². The SMILES string of the molecule is CCn1c(COc2ccccc2)nnc1SCC(=O)Nc1nc(-c2ccc(C)c(C)c2)cs1. The zero-order valence-electron chi connectivity index (χ0n) is 18.7. The molecule has 7 nitrogen and oxygen atoms in total. The van der Waals surface area contributed by atoms with Crippen molar-refractivity contribution in [2.75, 3.05) is 11.1 Å². The number of aromatic nitrogens is 4. The molecule has 0 spiro atoms. The van der Waals surface area contributed by atoms with Gasteiger partial charge in [0.15, 0.2) is 16.1 Å². The first-order valence-electron chi connectivity index (χ1n) is 10.6. The number of aryl methyl sites for hydroxylation is 2. The lowest BCUT2D eigenvalue weighted by molar-refractivity contribution is -0.113. The maximum atomic E-state index is 12.5. The number of ether oxygens (including phenoxy) is 1. The van der Waals surface area contributed by atoms with Crippen LogP contribution in [-0.4, -0.2) is 31.4 Å². The number of carbonyl (C=O) groups is 1. The van der Waals surface area contributed by atoms with E-state index >= 15 is 0 Å². The molecule has 0 bridgehead atoms. The Morgan fingerprint density at radius 1 is 1.12 bits per heavy atom. The van der Waals surface area contributed by atoms with Gasteiger partial charge in [-0.3, -0.25) is 4.79 Å². The second kappa shape index (κ2) is 10.6. The van der Waals surface area contributed by atoms with Crippen LogP contribution in [0.3, 0.4) is 0 Å². The van der Waals surface area contributed by atoms with Gasteiger partial charge in [-0.15, -0.1) is 21.5 Å². The molecular formula is C24H25N5O2S2. The Kier molecular flexibility index (Phi) is 7.41. The molecule has 0 radical (unpaired) electrons. The monoisotopic (exact) mass is 479 g/mol. The minimum absolute atomic E-state index is 0.131. The van der Waals surface area contributed by atoms with E-state index in [1.807, 2.05) is 47.2 Å². The number of anilines is 1. The second-order valence-corrected chi connectivity index (χ2v) is 9.22. The molecule has 0 aliphatic rings. The van der Waals surface area contributed by atoms with E-state index in [1.54, 1.807) is 0 Å². The van der Waals surface area contributed by atoms with Gasteiger partial charge >= 0.3 is 0 Å². The number of nitrogens with one attached hydrogen (secondary N) is 1. The third-order valence-electron chi connectivity index (χ3n) is 5.11. The molecule has 1 N–H and O–H groups in total. The van der Waals surface area contributed by atoms with Crippen molar-refractivity contribution in [1.82, 2.24) is 19.7 Å². The van der Waals surface area contributed by atoms with Crippen LogP contribution in [0.5, 0.6) is 5.75 Å². The van der Waals surface area contributed by atoms with Crippen molar-refractivity contribution in [3.05, 3.63) is 70.9 Å². The number of carbonyl (C=O) groups excluding carboxylic acids is 1. The Balaban J connectivity index is 1.33. The summed E-state index contributed by atoms with van der Waals surface area (Å²) < 4.78 is 7.75. The maximum absolute atomic E-state index is 12.5. The largest absolute Gasteiger partial charge is 0.486 e. The van der Waals surface area contributed by atoms with Crippen molar-refractivity contribution in [3.63, 3.8) is 0 Å². The van der Waals surface area contributed by atoms with E-state index in [-0.39, 0.29) is 11.7 Å². The highest BCUT2D eigenvalue weighted by Crippen LogP contribution is 2.27. The van der Waals surface area contributed by atoms with Gasteiger partial charge in [0.2, 0.25) is 5.91 Å². The number of nitrogens with zero attached hydrogens (tertiary/aromatic N) is 4. The van der Waals surface area contributed by atoms with Crippen LogP contribution in [0.2, 0.25) is 0 Å². The molecule has 4 aromatic rings. The minimum Gasteiger partial charge on any atom is -0.486 e. The van der Waals surface area contributed by atoms with Crippen molar-refractivity contribution >= 4 is 34.1 Å². The summed E-state index contributed by atoms with van der Waals surface area (Å²) in [6, 6.07) is 15.8. The molecule has 0 atom stereocenters.